The van der Waals surface area contributed by atoms with Gasteiger partial charge in [0.1, 0.15) is 0 Å². The Bertz CT molecular complexity index is 391. The Balaban J connectivity index is 3.06. The highest BCUT2D eigenvalue weighted by molar-refractivity contribution is 7.97. The van der Waals surface area contributed by atoms with Crippen LogP contribution >= 0.6 is 12.6 Å². The number of hydrogen-bond acceptors (Lipinski definition) is 4. The number of para-hydroxylation sites is 1. The molecule has 5 heteroatoms. The lowest BCUT2D eigenvalue weighted by atomic mass is 10.1. The Morgan fingerprint density at radius 2 is 1.94 bits per heavy atom. The molecule has 0 fully saturated rings. The summed E-state index contributed by atoms with van der Waals surface area (Å²) in [5.74, 6) is -0.428. The summed E-state index contributed by atoms with van der Waals surface area (Å²) in [6.07, 6.45) is 0. The van der Waals surface area contributed by atoms with Crippen LogP contribution in [0.3, 0.4) is 0 Å². The first-order valence-electron chi connectivity index (χ1n) is 5.24. The maximum Gasteiger partial charge on any atom is 0.269 e. The van der Waals surface area contributed by atoms with Gasteiger partial charge in [-0.05, 0) is 19.1 Å². The maximum absolute atomic E-state index is 11.6. The second-order valence-electron chi connectivity index (χ2n) is 3.47. The number of carbonyl (C=O) groups excluding carboxylic acids is 2. The lowest BCUT2D eigenvalue weighted by Gasteiger charge is -2.29. The van der Waals surface area contributed by atoms with E-state index in [1.807, 2.05) is 6.07 Å². The Morgan fingerprint density at radius 3 is 2.35 bits per heavy atom. The summed E-state index contributed by atoms with van der Waals surface area (Å²) in [6, 6.07) is 8.91. The predicted octanol–water partition coefficient (Wildman–Crippen LogP) is 1.88. The topological polar surface area (TPSA) is 55.4 Å². The van der Waals surface area contributed by atoms with Crippen LogP contribution < -0.4 is 5.32 Å². The van der Waals surface area contributed by atoms with Gasteiger partial charge in [0.25, 0.3) is 5.72 Å². The summed E-state index contributed by atoms with van der Waals surface area (Å²) in [4.78, 5) is 23.2. The fourth-order valence-electron chi connectivity index (χ4n) is 1.43. The first-order valence-corrected chi connectivity index (χ1v) is 5.69. The highest BCUT2D eigenvalue weighted by Crippen LogP contribution is 2.20. The molecule has 1 atom stereocenters. The van der Waals surface area contributed by atoms with E-state index in [1.54, 1.807) is 31.2 Å². The summed E-state index contributed by atoms with van der Waals surface area (Å²) in [7, 11) is 0. The van der Waals surface area contributed by atoms with Crippen molar-refractivity contribution in [2.75, 3.05) is 11.9 Å². The predicted molar refractivity (Wildman–Crippen MR) is 69.1 cm³/mol. The molecule has 1 aromatic rings. The van der Waals surface area contributed by atoms with E-state index in [-0.39, 0.29) is 6.61 Å². The standard InChI is InChI=1S/C12H15NO3S/c1-3-16-12(9(2)14,11(15)17)13-10-7-5-4-6-8-10/h4-8,13H,3H2,1-2H3,(H,15,17). The number of carbonyl (C=O) groups is 2. The molecule has 92 valence electrons. The molecule has 0 amide bonds. The van der Waals surface area contributed by atoms with Gasteiger partial charge in [0.05, 0.1) is 0 Å². The van der Waals surface area contributed by atoms with Crippen LogP contribution in [0.5, 0.6) is 0 Å². The average molecular weight is 253 g/mol. The van der Waals surface area contributed by atoms with E-state index >= 15 is 0 Å². The van der Waals surface area contributed by atoms with Crippen LogP contribution in [0.15, 0.2) is 30.3 Å². The molecule has 0 bridgehead atoms. The Hall–Kier alpha value is -1.33. The van der Waals surface area contributed by atoms with Gasteiger partial charge in [-0.25, -0.2) is 0 Å². The fourth-order valence-corrected chi connectivity index (χ4v) is 1.71. The third-order valence-corrected chi connectivity index (χ3v) is 2.57. The van der Waals surface area contributed by atoms with E-state index in [2.05, 4.69) is 17.9 Å². The molecular formula is C12H15NO3S. The zero-order valence-corrected chi connectivity index (χ0v) is 10.7. The van der Waals surface area contributed by atoms with Crippen molar-refractivity contribution >= 4 is 29.2 Å². The van der Waals surface area contributed by atoms with Crippen LogP contribution in [0.4, 0.5) is 5.69 Å². The molecule has 0 aliphatic carbocycles. The Kier molecular flexibility index (Phi) is 4.72. The summed E-state index contributed by atoms with van der Waals surface area (Å²) in [5.41, 5.74) is -1.09. The summed E-state index contributed by atoms with van der Waals surface area (Å²) in [5, 5.41) is 2.14. The van der Waals surface area contributed by atoms with Gasteiger partial charge in [0.2, 0.25) is 5.12 Å². The minimum absolute atomic E-state index is 0.228. The molecule has 0 aliphatic heterocycles. The number of nitrogens with one attached hydrogen (secondary N) is 1. The minimum atomic E-state index is -1.71. The molecule has 0 saturated heterocycles. The smallest absolute Gasteiger partial charge is 0.269 e. The molecule has 4 nitrogen and oxygen atoms in total. The molecule has 0 aliphatic rings. The number of ether oxygens (including phenoxy) is 1. The monoisotopic (exact) mass is 253 g/mol. The van der Waals surface area contributed by atoms with Crippen molar-refractivity contribution in [3.8, 4) is 0 Å². The average Bonchev–Trinajstić information content (AvgIpc) is 2.29. The normalized spacial score (nSPS) is 13.8. The van der Waals surface area contributed by atoms with E-state index in [1.165, 1.54) is 6.92 Å². The van der Waals surface area contributed by atoms with Gasteiger partial charge in [0.15, 0.2) is 5.78 Å². The number of benzene rings is 1. The van der Waals surface area contributed by atoms with Gasteiger partial charge in [-0.2, -0.15) is 0 Å². The molecule has 0 saturated carbocycles. The quantitative estimate of drug-likeness (QED) is 0.462. The number of thiol groups is 1. The number of anilines is 1. The fraction of sp³-hybridized carbons (Fsp3) is 0.333. The van der Waals surface area contributed by atoms with Crippen LogP contribution in [-0.2, 0) is 14.3 Å². The minimum Gasteiger partial charge on any atom is -0.344 e. The molecule has 0 aromatic heterocycles. The van der Waals surface area contributed by atoms with Crippen molar-refractivity contribution in [3.05, 3.63) is 30.3 Å². The largest absolute Gasteiger partial charge is 0.344 e. The molecule has 1 N–H and O–H groups in total. The van der Waals surface area contributed by atoms with Gasteiger partial charge in [-0.1, -0.05) is 30.8 Å². The number of rotatable bonds is 6. The van der Waals surface area contributed by atoms with Crippen LogP contribution in [0.2, 0.25) is 0 Å². The SMILES string of the molecule is CCOC(Nc1ccccc1)(C(C)=O)C(=O)S. The Labute approximate surface area is 106 Å². The molecular weight excluding hydrogens is 238 g/mol. The first kappa shape index (κ1) is 13.7. The van der Waals surface area contributed by atoms with Crippen molar-refractivity contribution in [2.45, 2.75) is 19.6 Å². The zero-order valence-electron chi connectivity index (χ0n) is 9.77. The zero-order chi connectivity index (χ0) is 12.9. The van der Waals surface area contributed by atoms with Crippen molar-refractivity contribution in [3.63, 3.8) is 0 Å². The van der Waals surface area contributed by atoms with Gasteiger partial charge < -0.3 is 10.1 Å². The van der Waals surface area contributed by atoms with E-state index in [0.717, 1.165) is 0 Å². The van der Waals surface area contributed by atoms with Crippen molar-refractivity contribution in [1.82, 2.24) is 0 Å². The highest BCUT2D eigenvalue weighted by atomic mass is 32.1. The lowest BCUT2D eigenvalue weighted by Crippen LogP contribution is -2.53. The summed E-state index contributed by atoms with van der Waals surface area (Å²) >= 11 is 3.74. The van der Waals surface area contributed by atoms with Crippen LogP contribution in [0, 0.1) is 0 Å². The van der Waals surface area contributed by atoms with Crippen molar-refractivity contribution in [2.24, 2.45) is 0 Å². The second kappa shape index (κ2) is 5.84. The van der Waals surface area contributed by atoms with E-state index in [4.69, 9.17) is 4.74 Å². The first-order chi connectivity index (χ1) is 8.03. The van der Waals surface area contributed by atoms with Gasteiger partial charge >= 0.3 is 0 Å². The van der Waals surface area contributed by atoms with Crippen LogP contribution in [-0.4, -0.2) is 23.2 Å². The molecule has 1 unspecified atom stereocenters. The van der Waals surface area contributed by atoms with E-state index in [0.29, 0.717) is 5.69 Å². The van der Waals surface area contributed by atoms with E-state index in [9.17, 15) is 9.59 Å². The van der Waals surface area contributed by atoms with Gasteiger partial charge in [-0.15, -0.1) is 0 Å². The molecule has 1 aromatic carbocycles. The van der Waals surface area contributed by atoms with Crippen LogP contribution in [0.1, 0.15) is 13.8 Å². The lowest BCUT2D eigenvalue weighted by molar-refractivity contribution is -0.147. The molecule has 0 heterocycles. The molecule has 0 radical (unpaired) electrons. The second-order valence-corrected chi connectivity index (χ2v) is 3.87. The summed E-state index contributed by atoms with van der Waals surface area (Å²) < 4.78 is 5.27. The van der Waals surface area contributed by atoms with E-state index < -0.39 is 16.6 Å². The Morgan fingerprint density at radius 1 is 1.35 bits per heavy atom. The van der Waals surface area contributed by atoms with Crippen LogP contribution in [0.25, 0.3) is 0 Å². The van der Waals surface area contributed by atoms with Crippen molar-refractivity contribution < 1.29 is 14.3 Å². The third kappa shape index (κ3) is 3.08. The number of ketones is 1. The maximum atomic E-state index is 11.6. The van der Waals surface area contributed by atoms with Gasteiger partial charge in [0, 0.05) is 19.2 Å². The number of hydrogen-bond donors (Lipinski definition) is 2. The molecule has 1 rings (SSSR count). The van der Waals surface area contributed by atoms with Crippen molar-refractivity contribution in [1.29, 1.82) is 0 Å². The summed E-state index contributed by atoms with van der Waals surface area (Å²) in [6.45, 7) is 3.23. The molecule has 17 heavy (non-hydrogen) atoms. The van der Waals surface area contributed by atoms with Gasteiger partial charge in [-0.3, -0.25) is 9.59 Å². The highest BCUT2D eigenvalue weighted by Gasteiger charge is 2.42. The number of Topliss-reactive ketones (excluding diaryl/α,β-unsaturated/α-hetero) is 1. The third-order valence-electron chi connectivity index (χ3n) is 2.25. The molecule has 0 spiro atoms.